The molecule has 2 unspecified atom stereocenters. The average Bonchev–Trinajstić information content (AvgIpc) is 2.80. The first-order chi connectivity index (χ1) is 11.5. The minimum atomic E-state index is -1.03. The molecule has 0 saturated heterocycles. The zero-order valence-corrected chi connectivity index (χ0v) is 13.7. The van der Waals surface area contributed by atoms with Crippen LogP contribution in [0.5, 0.6) is 11.5 Å². The number of aryl methyl sites for hydroxylation is 2. The molecule has 0 saturated carbocycles. The summed E-state index contributed by atoms with van der Waals surface area (Å²) < 4.78 is 11.6. The molecule has 2 aromatic carbocycles. The molecule has 2 aromatic rings. The van der Waals surface area contributed by atoms with Crippen molar-refractivity contribution < 1.29 is 19.7 Å². The number of phenolic OH excluding ortho intramolecular Hbond substituents is 1. The first-order valence-corrected chi connectivity index (χ1v) is 8.12. The van der Waals surface area contributed by atoms with E-state index >= 15 is 0 Å². The Kier molecular flexibility index (Phi) is 3.32. The summed E-state index contributed by atoms with van der Waals surface area (Å²) in [4.78, 5) is 0. The van der Waals surface area contributed by atoms with Crippen LogP contribution < -0.4 is 4.74 Å². The summed E-state index contributed by atoms with van der Waals surface area (Å²) in [6.07, 6.45) is 1.89. The maximum atomic E-state index is 10.4. The fourth-order valence-corrected chi connectivity index (χ4v) is 3.53. The van der Waals surface area contributed by atoms with Crippen LogP contribution in [0.2, 0.25) is 0 Å². The van der Waals surface area contributed by atoms with Gasteiger partial charge in [-0.2, -0.15) is 0 Å². The normalized spacial score (nSPS) is 25.0. The zero-order chi connectivity index (χ0) is 16.9. The fraction of sp³-hybridized carbons (Fsp3) is 0.300. The highest BCUT2D eigenvalue weighted by Crippen LogP contribution is 2.50. The second-order valence-corrected chi connectivity index (χ2v) is 6.64. The number of fused-ring (bicyclic) bond motifs is 2. The van der Waals surface area contributed by atoms with Crippen LogP contribution in [0.3, 0.4) is 0 Å². The van der Waals surface area contributed by atoms with Crippen LogP contribution in [0.1, 0.15) is 35.1 Å². The van der Waals surface area contributed by atoms with Crippen LogP contribution >= 0.6 is 0 Å². The van der Waals surface area contributed by atoms with Gasteiger partial charge in [0, 0.05) is 17.5 Å². The molecule has 0 amide bonds. The molecule has 4 heteroatoms. The maximum absolute atomic E-state index is 10.4. The standard InChI is InChI=1S/C20H20O4/c1-12-3-5-15(17(21)9-12)14-7-8-20(23-11-14)16-6-4-13(2)10-18(16)24-19(20)22/h3-6,9-11,19,21-22H,7-8H2,1-2H3. The molecule has 2 aliphatic rings. The van der Waals surface area contributed by atoms with Crippen LogP contribution in [0.25, 0.3) is 5.57 Å². The zero-order valence-electron chi connectivity index (χ0n) is 13.7. The first kappa shape index (κ1) is 15.1. The molecule has 124 valence electrons. The van der Waals surface area contributed by atoms with Gasteiger partial charge in [0.2, 0.25) is 6.29 Å². The van der Waals surface area contributed by atoms with E-state index in [1.165, 1.54) is 0 Å². The number of rotatable bonds is 1. The Morgan fingerprint density at radius 1 is 1.08 bits per heavy atom. The van der Waals surface area contributed by atoms with Crippen molar-refractivity contribution in [1.29, 1.82) is 0 Å². The van der Waals surface area contributed by atoms with Crippen molar-refractivity contribution in [2.75, 3.05) is 0 Å². The van der Waals surface area contributed by atoms with Crippen LogP contribution in [-0.2, 0) is 10.3 Å². The van der Waals surface area contributed by atoms with Gasteiger partial charge in [-0.1, -0.05) is 24.3 Å². The summed E-state index contributed by atoms with van der Waals surface area (Å²) in [5.74, 6) is 0.928. The third-order valence-electron chi connectivity index (χ3n) is 4.91. The van der Waals surface area contributed by atoms with Gasteiger partial charge in [-0.3, -0.25) is 0 Å². The van der Waals surface area contributed by atoms with Gasteiger partial charge in [-0.25, -0.2) is 0 Å². The molecule has 4 nitrogen and oxygen atoms in total. The van der Waals surface area contributed by atoms with Gasteiger partial charge in [-0.05, 0) is 49.1 Å². The van der Waals surface area contributed by atoms with Crippen molar-refractivity contribution >= 4 is 5.57 Å². The Morgan fingerprint density at radius 2 is 1.83 bits per heavy atom. The maximum Gasteiger partial charge on any atom is 0.242 e. The van der Waals surface area contributed by atoms with Gasteiger partial charge in [0.25, 0.3) is 0 Å². The van der Waals surface area contributed by atoms with Crippen molar-refractivity contribution in [2.24, 2.45) is 0 Å². The minimum absolute atomic E-state index is 0.250. The smallest absolute Gasteiger partial charge is 0.242 e. The van der Waals surface area contributed by atoms with E-state index in [0.29, 0.717) is 18.6 Å². The number of aliphatic hydroxyl groups excluding tert-OH is 1. The van der Waals surface area contributed by atoms with E-state index in [1.807, 2.05) is 44.2 Å². The largest absolute Gasteiger partial charge is 0.507 e. The lowest BCUT2D eigenvalue weighted by Crippen LogP contribution is -2.41. The number of hydrogen-bond donors (Lipinski definition) is 2. The van der Waals surface area contributed by atoms with E-state index < -0.39 is 11.9 Å². The van der Waals surface area contributed by atoms with E-state index in [-0.39, 0.29) is 5.75 Å². The molecule has 0 aromatic heterocycles. The van der Waals surface area contributed by atoms with Gasteiger partial charge in [-0.15, -0.1) is 0 Å². The summed E-state index contributed by atoms with van der Waals surface area (Å²) in [6, 6.07) is 11.5. The van der Waals surface area contributed by atoms with E-state index in [4.69, 9.17) is 9.47 Å². The van der Waals surface area contributed by atoms with Gasteiger partial charge >= 0.3 is 0 Å². The molecule has 2 atom stereocenters. The highest BCUT2D eigenvalue weighted by Gasteiger charge is 2.51. The van der Waals surface area contributed by atoms with Crippen LogP contribution in [0.4, 0.5) is 0 Å². The Hall–Kier alpha value is -2.46. The van der Waals surface area contributed by atoms with Crippen LogP contribution in [-0.4, -0.2) is 16.5 Å². The van der Waals surface area contributed by atoms with Crippen molar-refractivity contribution in [1.82, 2.24) is 0 Å². The first-order valence-electron chi connectivity index (χ1n) is 8.12. The molecule has 24 heavy (non-hydrogen) atoms. The van der Waals surface area contributed by atoms with Gasteiger partial charge in [0.15, 0.2) is 5.60 Å². The summed E-state index contributed by atoms with van der Waals surface area (Å²) in [6.45, 7) is 3.93. The fourth-order valence-electron chi connectivity index (χ4n) is 3.53. The monoisotopic (exact) mass is 324 g/mol. The molecule has 4 rings (SSSR count). The molecule has 2 heterocycles. The summed E-state index contributed by atoms with van der Waals surface area (Å²) in [5, 5.41) is 20.6. The Balaban J connectivity index is 1.69. The second kappa shape index (κ2) is 5.28. The second-order valence-electron chi connectivity index (χ2n) is 6.64. The van der Waals surface area contributed by atoms with Gasteiger partial charge in [0.05, 0.1) is 6.26 Å². The van der Waals surface area contributed by atoms with Crippen molar-refractivity contribution in [3.05, 3.63) is 64.9 Å². The molecule has 1 spiro atoms. The third kappa shape index (κ3) is 2.18. The molecular formula is C20H20O4. The number of benzene rings is 2. The van der Waals surface area contributed by atoms with Crippen molar-refractivity contribution in [3.8, 4) is 11.5 Å². The lowest BCUT2D eigenvalue weighted by Gasteiger charge is -2.34. The van der Waals surface area contributed by atoms with E-state index in [9.17, 15) is 10.2 Å². The quantitative estimate of drug-likeness (QED) is 0.838. The van der Waals surface area contributed by atoms with Crippen molar-refractivity contribution in [3.63, 3.8) is 0 Å². The number of phenols is 1. The topological polar surface area (TPSA) is 58.9 Å². The predicted octanol–water partition coefficient (Wildman–Crippen LogP) is 3.77. The molecule has 0 radical (unpaired) electrons. The summed E-state index contributed by atoms with van der Waals surface area (Å²) in [7, 11) is 0. The Morgan fingerprint density at radius 3 is 2.54 bits per heavy atom. The third-order valence-corrected chi connectivity index (χ3v) is 4.91. The lowest BCUT2D eigenvalue weighted by molar-refractivity contribution is -0.162. The van der Waals surface area contributed by atoms with Crippen LogP contribution in [0, 0.1) is 13.8 Å². The van der Waals surface area contributed by atoms with E-state index in [1.54, 1.807) is 12.3 Å². The van der Waals surface area contributed by atoms with E-state index in [0.717, 1.165) is 27.8 Å². The number of allylic oxidation sites excluding steroid dienone is 1. The number of hydrogen-bond acceptors (Lipinski definition) is 4. The summed E-state index contributed by atoms with van der Waals surface area (Å²) >= 11 is 0. The summed E-state index contributed by atoms with van der Waals surface area (Å²) in [5.41, 5.74) is 3.79. The number of ether oxygens (including phenoxy) is 2. The van der Waals surface area contributed by atoms with Crippen LogP contribution in [0.15, 0.2) is 42.7 Å². The number of aromatic hydroxyl groups is 1. The highest BCUT2D eigenvalue weighted by atomic mass is 16.6. The van der Waals surface area contributed by atoms with Crippen molar-refractivity contribution in [2.45, 2.75) is 38.6 Å². The Bertz CT molecular complexity index is 840. The minimum Gasteiger partial charge on any atom is -0.507 e. The molecule has 0 bridgehead atoms. The predicted molar refractivity (Wildman–Crippen MR) is 90.6 cm³/mol. The molecular weight excluding hydrogens is 304 g/mol. The average molecular weight is 324 g/mol. The van der Waals surface area contributed by atoms with E-state index in [2.05, 4.69) is 0 Å². The number of aliphatic hydroxyl groups is 1. The molecule has 0 fully saturated rings. The molecule has 2 N–H and O–H groups in total. The van der Waals surface area contributed by atoms with Gasteiger partial charge < -0.3 is 19.7 Å². The highest BCUT2D eigenvalue weighted by molar-refractivity contribution is 5.71. The molecule has 0 aliphatic carbocycles. The van der Waals surface area contributed by atoms with Gasteiger partial charge in [0.1, 0.15) is 11.5 Å². The molecule has 2 aliphatic heterocycles. The SMILES string of the molecule is Cc1ccc(C2=COC3(CC2)c2ccc(C)cc2OC3O)c(O)c1. The Labute approximate surface area is 141 Å². The lowest BCUT2D eigenvalue weighted by atomic mass is 9.84.